The van der Waals surface area contributed by atoms with E-state index in [9.17, 15) is 0 Å². The fourth-order valence-corrected chi connectivity index (χ4v) is 2.69. The van der Waals surface area contributed by atoms with Crippen molar-refractivity contribution in [3.8, 4) is 0 Å². The molecule has 2 nitrogen and oxygen atoms in total. The minimum Gasteiger partial charge on any atom is -0.381 e. The molecule has 1 aliphatic rings. The van der Waals surface area contributed by atoms with Crippen molar-refractivity contribution in [1.82, 2.24) is 0 Å². The standard InChI is InChI=1S/C16H17BrN2/c1-10-7-14-15(8-11(10)2)19-16(9-18-14)12-3-5-13(17)6-4-12/h3-8,16,18-19H,9H2,1-2H3/t16-/m1/s1. The van der Waals surface area contributed by atoms with Gasteiger partial charge in [-0.25, -0.2) is 0 Å². The minimum absolute atomic E-state index is 0.322. The molecule has 0 bridgehead atoms. The predicted octanol–water partition coefficient (Wildman–Crippen LogP) is 4.64. The van der Waals surface area contributed by atoms with Crippen molar-refractivity contribution in [2.24, 2.45) is 0 Å². The largest absolute Gasteiger partial charge is 0.381 e. The normalized spacial score (nSPS) is 17.3. The zero-order valence-corrected chi connectivity index (χ0v) is 12.7. The van der Waals surface area contributed by atoms with E-state index in [0.29, 0.717) is 6.04 Å². The van der Waals surface area contributed by atoms with Gasteiger partial charge in [0.15, 0.2) is 0 Å². The Morgan fingerprint density at radius 1 is 1.00 bits per heavy atom. The van der Waals surface area contributed by atoms with Crippen LogP contribution in [-0.2, 0) is 0 Å². The molecule has 1 atom stereocenters. The van der Waals surface area contributed by atoms with E-state index in [4.69, 9.17) is 0 Å². The summed E-state index contributed by atoms with van der Waals surface area (Å²) in [7, 11) is 0. The number of nitrogens with one attached hydrogen (secondary N) is 2. The van der Waals surface area contributed by atoms with Crippen LogP contribution >= 0.6 is 15.9 Å². The summed E-state index contributed by atoms with van der Waals surface area (Å²) in [4.78, 5) is 0. The molecule has 2 aromatic carbocycles. The summed E-state index contributed by atoms with van der Waals surface area (Å²) < 4.78 is 1.12. The Balaban J connectivity index is 1.89. The zero-order valence-electron chi connectivity index (χ0n) is 11.1. The maximum Gasteiger partial charge on any atom is 0.0687 e. The lowest BCUT2D eigenvalue weighted by molar-refractivity contribution is 0.803. The monoisotopic (exact) mass is 316 g/mol. The van der Waals surface area contributed by atoms with E-state index in [0.717, 1.165) is 11.0 Å². The fraction of sp³-hybridized carbons (Fsp3) is 0.250. The van der Waals surface area contributed by atoms with E-state index in [-0.39, 0.29) is 0 Å². The van der Waals surface area contributed by atoms with Crippen LogP contribution in [0.4, 0.5) is 11.4 Å². The highest BCUT2D eigenvalue weighted by Gasteiger charge is 2.19. The average molecular weight is 317 g/mol. The second-order valence-corrected chi connectivity index (χ2v) is 6.03. The van der Waals surface area contributed by atoms with Crippen molar-refractivity contribution >= 4 is 27.3 Å². The fourth-order valence-electron chi connectivity index (χ4n) is 2.43. The summed E-state index contributed by atoms with van der Waals surface area (Å²) in [6, 6.07) is 13.3. The Hall–Kier alpha value is -1.48. The van der Waals surface area contributed by atoms with Crippen LogP contribution in [0, 0.1) is 13.8 Å². The first kappa shape index (κ1) is 12.5. The molecule has 1 aliphatic heterocycles. The van der Waals surface area contributed by atoms with Crippen molar-refractivity contribution in [3.05, 3.63) is 57.6 Å². The van der Waals surface area contributed by atoms with Gasteiger partial charge in [0.05, 0.1) is 17.4 Å². The molecule has 3 rings (SSSR count). The molecular weight excluding hydrogens is 300 g/mol. The summed E-state index contributed by atoms with van der Waals surface area (Å²) in [5.74, 6) is 0. The number of fused-ring (bicyclic) bond motifs is 1. The molecule has 0 saturated carbocycles. The Morgan fingerprint density at radius 3 is 2.32 bits per heavy atom. The van der Waals surface area contributed by atoms with Gasteiger partial charge in [-0.15, -0.1) is 0 Å². The summed E-state index contributed by atoms with van der Waals surface area (Å²) in [5, 5.41) is 7.14. The summed E-state index contributed by atoms with van der Waals surface area (Å²) >= 11 is 3.48. The highest BCUT2D eigenvalue weighted by atomic mass is 79.9. The van der Waals surface area contributed by atoms with Crippen LogP contribution in [0.15, 0.2) is 40.9 Å². The molecule has 0 unspecified atom stereocenters. The first-order valence-electron chi connectivity index (χ1n) is 6.50. The molecule has 0 spiro atoms. The van der Waals surface area contributed by atoms with Gasteiger partial charge in [0.2, 0.25) is 0 Å². The van der Waals surface area contributed by atoms with Crippen LogP contribution in [0.5, 0.6) is 0 Å². The van der Waals surface area contributed by atoms with Crippen molar-refractivity contribution < 1.29 is 0 Å². The summed E-state index contributed by atoms with van der Waals surface area (Å²) in [6.45, 7) is 5.22. The van der Waals surface area contributed by atoms with Crippen LogP contribution in [0.3, 0.4) is 0 Å². The number of hydrogen-bond donors (Lipinski definition) is 2. The number of anilines is 2. The highest BCUT2D eigenvalue weighted by Crippen LogP contribution is 2.33. The van der Waals surface area contributed by atoms with Crippen molar-refractivity contribution in [2.75, 3.05) is 17.2 Å². The zero-order chi connectivity index (χ0) is 13.4. The molecule has 2 aromatic rings. The average Bonchev–Trinajstić information content (AvgIpc) is 2.40. The molecule has 3 heteroatoms. The van der Waals surface area contributed by atoms with Crippen LogP contribution in [0.25, 0.3) is 0 Å². The number of aryl methyl sites for hydroxylation is 2. The lowest BCUT2D eigenvalue weighted by atomic mass is 10.0. The molecule has 98 valence electrons. The molecule has 0 aromatic heterocycles. The second kappa shape index (κ2) is 4.89. The van der Waals surface area contributed by atoms with Crippen LogP contribution in [-0.4, -0.2) is 6.54 Å². The number of hydrogen-bond acceptors (Lipinski definition) is 2. The topological polar surface area (TPSA) is 24.1 Å². The molecule has 0 fully saturated rings. The molecule has 19 heavy (non-hydrogen) atoms. The predicted molar refractivity (Wildman–Crippen MR) is 84.9 cm³/mol. The van der Waals surface area contributed by atoms with Gasteiger partial charge >= 0.3 is 0 Å². The molecule has 0 radical (unpaired) electrons. The molecule has 2 N–H and O–H groups in total. The first-order chi connectivity index (χ1) is 9.13. The minimum atomic E-state index is 0.322. The Morgan fingerprint density at radius 2 is 1.63 bits per heavy atom. The molecule has 0 aliphatic carbocycles. The van der Waals surface area contributed by atoms with Crippen molar-refractivity contribution in [2.45, 2.75) is 19.9 Å². The van der Waals surface area contributed by atoms with Crippen LogP contribution in [0.1, 0.15) is 22.7 Å². The van der Waals surface area contributed by atoms with E-state index in [2.05, 4.69) is 76.8 Å². The van der Waals surface area contributed by atoms with Crippen LogP contribution < -0.4 is 10.6 Å². The second-order valence-electron chi connectivity index (χ2n) is 5.11. The van der Waals surface area contributed by atoms with E-state index < -0.39 is 0 Å². The summed E-state index contributed by atoms with van der Waals surface area (Å²) in [6.07, 6.45) is 0. The van der Waals surface area contributed by atoms with Gasteiger partial charge in [-0.2, -0.15) is 0 Å². The van der Waals surface area contributed by atoms with Crippen LogP contribution in [0.2, 0.25) is 0 Å². The Kier molecular flexibility index (Phi) is 3.23. The van der Waals surface area contributed by atoms with Gasteiger partial charge in [-0.3, -0.25) is 0 Å². The third-order valence-corrected chi connectivity index (χ3v) is 4.26. The molecule has 0 saturated heterocycles. The van der Waals surface area contributed by atoms with Gasteiger partial charge in [0.1, 0.15) is 0 Å². The SMILES string of the molecule is Cc1cc2c(cc1C)N[C@@H](c1ccc(Br)cc1)CN2. The molecule has 0 amide bonds. The van der Waals surface area contributed by atoms with E-state index in [1.165, 1.54) is 28.1 Å². The van der Waals surface area contributed by atoms with E-state index in [1.807, 2.05) is 0 Å². The third kappa shape index (κ3) is 2.47. The number of rotatable bonds is 1. The maximum absolute atomic E-state index is 3.62. The van der Waals surface area contributed by atoms with E-state index >= 15 is 0 Å². The lowest BCUT2D eigenvalue weighted by Gasteiger charge is -2.29. The maximum atomic E-state index is 3.62. The highest BCUT2D eigenvalue weighted by molar-refractivity contribution is 9.10. The van der Waals surface area contributed by atoms with Gasteiger partial charge in [-0.05, 0) is 54.8 Å². The number of benzene rings is 2. The van der Waals surface area contributed by atoms with Gasteiger partial charge < -0.3 is 10.6 Å². The van der Waals surface area contributed by atoms with Gasteiger partial charge in [-0.1, -0.05) is 28.1 Å². The molecular formula is C16H17BrN2. The van der Waals surface area contributed by atoms with Gasteiger partial charge in [0, 0.05) is 11.0 Å². The summed E-state index contributed by atoms with van der Waals surface area (Å²) in [5.41, 5.74) is 6.36. The van der Waals surface area contributed by atoms with Gasteiger partial charge in [0.25, 0.3) is 0 Å². The quantitative estimate of drug-likeness (QED) is 0.800. The molecule has 1 heterocycles. The smallest absolute Gasteiger partial charge is 0.0687 e. The first-order valence-corrected chi connectivity index (χ1v) is 7.30. The van der Waals surface area contributed by atoms with E-state index in [1.54, 1.807) is 0 Å². The Bertz CT molecular complexity index is 605. The van der Waals surface area contributed by atoms with Crippen molar-refractivity contribution in [1.29, 1.82) is 0 Å². The lowest BCUT2D eigenvalue weighted by Crippen LogP contribution is -2.26. The third-order valence-electron chi connectivity index (χ3n) is 3.73. The number of halogens is 1. The Labute approximate surface area is 122 Å². The van der Waals surface area contributed by atoms with Crippen molar-refractivity contribution in [3.63, 3.8) is 0 Å².